The van der Waals surface area contributed by atoms with Crippen LogP contribution in [0.25, 0.3) is 10.1 Å². The Hall–Kier alpha value is -1.31. The van der Waals surface area contributed by atoms with Crippen molar-refractivity contribution in [3.63, 3.8) is 0 Å². The molecule has 4 rings (SSSR count). The summed E-state index contributed by atoms with van der Waals surface area (Å²) in [6.45, 7) is 7.77. The van der Waals surface area contributed by atoms with Crippen LogP contribution < -0.4 is 0 Å². The molecule has 0 N–H and O–H groups in total. The summed E-state index contributed by atoms with van der Waals surface area (Å²) in [6.07, 6.45) is 3.23. The fraction of sp³-hybridized carbons (Fsp3) is 0.385. The summed E-state index contributed by atoms with van der Waals surface area (Å²) in [4.78, 5) is 0. The quantitative estimate of drug-likeness (QED) is 0.404. The number of benzene rings is 2. The summed E-state index contributed by atoms with van der Waals surface area (Å²) in [5, 5.41) is 1.01. The van der Waals surface area contributed by atoms with Crippen molar-refractivity contribution >= 4 is 40.6 Å². The lowest BCUT2D eigenvalue weighted by molar-refractivity contribution is 0.133. The van der Waals surface area contributed by atoms with Gasteiger partial charge in [-0.15, -0.1) is 0 Å². The van der Waals surface area contributed by atoms with Gasteiger partial charge in [0.2, 0.25) is 0 Å². The van der Waals surface area contributed by atoms with Gasteiger partial charge in [-0.25, -0.2) is 4.67 Å². The molecule has 1 aliphatic carbocycles. The van der Waals surface area contributed by atoms with E-state index in [2.05, 4.69) is 25.4 Å². The molecule has 1 aliphatic heterocycles. The molecule has 1 saturated heterocycles. The molecule has 5 heteroatoms. The highest BCUT2D eigenvalue weighted by atomic mass is 35.5. The molecule has 164 valence electrons. The third-order valence-corrected chi connectivity index (χ3v) is 9.97. The van der Waals surface area contributed by atoms with E-state index in [0.29, 0.717) is 10.1 Å². The van der Waals surface area contributed by atoms with Gasteiger partial charge in [-0.05, 0) is 41.2 Å². The molecule has 0 spiro atoms. The normalized spacial score (nSPS) is 28.4. The van der Waals surface area contributed by atoms with Gasteiger partial charge in [-0.2, -0.15) is 0 Å². The summed E-state index contributed by atoms with van der Waals surface area (Å²) in [5.74, 6) is 3.51. The minimum atomic E-state index is -3.13. The Bertz CT molecular complexity index is 988. The Morgan fingerprint density at radius 3 is 1.87 bits per heavy atom. The summed E-state index contributed by atoms with van der Waals surface area (Å²) >= 11 is 13.4. The molecule has 0 aromatic heterocycles. The Kier molecular flexibility index (Phi) is 6.32. The van der Waals surface area contributed by atoms with Crippen molar-refractivity contribution in [2.45, 2.75) is 46.1 Å². The molecule has 31 heavy (non-hydrogen) atoms. The molecule has 2 fully saturated rings. The number of fused-ring (bicyclic) bond motifs is 2. The average molecular weight is 474 g/mol. The SMILES string of the molecule is CC1(C)C[C@H]2C[C@](C)(CN2P(=O)(/C=C(\Cl)c2ccccc2)/C=C(/Cl)c2ccccc2)C1. The van der Waals surface area contributed by atoms with Gasteiger partial charge in [-0.3, -0.25) is 4.57 Å². The van der Waals surface area contributed by atoms with E-state index >= 15 is 0 Å². The van der Waals surface area contributed by atoms with Crippen molar-refractivity contribution in [1.82, 2.24) is 4.67 Å². The average Bonchev–Trinajstić information content (AvgIpc) is 2.98. The van der Waals surface area contributed by atoms with Gasteiger partial charge in [0.05, 0.1) is 10.1 Å². The van der Waals surface area contributed by atoms with Crippen molar-refractivity contribution in [1.29, 1.82) is 0 Å². The first-order valence-electron chi connectivity index (χ1n) is 10.8. The van der Waals surface area contributed by atoms with Crippen molar-refractivity contribution in [2.24, 2.45) is 10.8 Å². The van der Waals surface area contributed by atoms with Crippen LogP contribution in [0.2, 0.25) is 0 Å². The van der Waals surface area contributed by atoms with Crippen LogP contribution in [0.1, 0.15) is 51.2 Å². The Morgan fingerprint density at radius 2 is 1.39 bits per heavy atom. The Morgan fingerprint density at radius 1 is 0.903 bits per heavy atom. The van der Waals surface area contributed by atoms with Crippen molar-refractivity contribution in [3.8, 4) is 0 Å². The van der Waals surface area contributed by atoms with Gasteiger partial charge < -0.3 is 0 Å². The highest BCUT2D eigenvalue weighted by Gasteiger charge is 2.53. The second-order valence-corrected chi connectivity index (χ2v) is 13.4. The van der Waals surface area contributed by atoms with Crippen LogP contribution in [0, 0.1) is 10.8 Å². The smallest absolute Gasteiger partial charge is 0.196 e. The zero-order valence-electron chi connectivity index (χ0n) is 18.4. The highest BCUT2D eigenvalue weighted by molar-refractivity contribution is 7.68. The molecule has 2 aromatic rings. The molecule has 2 nitrogen and oxygen atoms in total. The van der Waals surface area contributed by atoms with E-state index in [1.807, 2.05) is 60.7 Å². The van der Waals surface area contributed by atoms with Crippen LogP contribution in [-0.4, -0.2) is 17.3 Å². The summed E-state index contributed by atoms with van der Waals surface area (Å²) < 4.78 is 16.9. The van der Waals surface area contributed by atoms with Crippen LogP contribution in [0.3, 0.4) is 0 Å². The minimum Gasteiger partial charge on any atom is -0.297 e. The topological polar surface area (TPSA) is 20.3 Å². The predicted molar refractivity (Wildman–Crippen MR) is 134 cm³/mol. The van der Waals surface area contributed by atoms with Gasteiger partial charge in [0.1, 0.15) is 0 Å². The first-order chi connectivity index (χ1) is 14.6. The standard InChI is InChI=1S/C26H30Cl2NOP/c1-25(2)14-22-15-26(3,18-25)19-29(22)31(30,16-23(27)20-10-6-4-7-11-20)17-24(28)21-12-8-5-9-13-21/h4-13,16-17,22H,14-15,18-19H2,1-3H3/b23-16-,24-17+/t22-,26-,31?/m0/s1. The van der Waals surface area contributed by atoms with Crippen LogP contribution >= 0.6 is 30.5 Å². The molecule has 2 bridgehead atoms. The lowest BCUT2D eigenvalue weighted by atomic mass is 9.65. The number of halogens is 2. The molecule has 1 heterocycles. The lowest BCUT2D eigenvalue weighted by Gasteiger charge is -2.40. The Balaban J connectivity index is 1.79. The zero-order valence-corrected chi connectivity index (χ0v) is 20.8. The molecule has 1 saturated carbocycles. The molecular weight excluding hydrogens is 444 g/mol. The Labute approximate surface area is 196 Å². The molecule has 3 atom stereocenters. The zero-order chi connectivity index (χ0) is 22.3. The maximum absolute atomic E-state index is 14.7. The minimum absolute atomic E-state index is 0.155. The predicted octanol–water partition coefficient (Wildman–Crippen LogP) is 8.64. The third kappa shape index (κ3) is 5.04. The van der Waals surface area contributed by atoms with Crippen LogP contribution in [-0.2, 0) is 4.57 Å². The van der Waals surface area contributed by atoms with Gasteiger partial charge in [0.15, 0.2) is 7.29 Å². The van der Waals surface area contributed by atoms with Crippen molar-refractivity contribution in [2.75, 3.05) is 6.54 Å². The number of hydrogen-bond acceptors (Lipinski definition) is 1. The molecule has 1 unspecified atom stereocenters. The van der Waals surface area contributed by atoms with E-state index in [1.165, 1.54) is 0 Å². The molecular formula is C26H30Cl2NOP. The number of hydrogen-bond donors (Lipinski definition) is 0. The highest BCUT2D eigenvalue weighted by Crippen LogP contribution is 2.65. The van der Waals surface area contributed by atoms with E-state index in [4.69, 9.17) is 23.2 Å². The van der Waals surface area contributed by atoms with Gasteiger partial charge in [0, 0.05) is 24.2 Å². The summed E-state index contributed by atoms with van der Waals surface area (Å²) in [7, 11) is -3.13. The fourth-order valence-corrected chi connectivity index (χ4v) is 9.30. The van der Waals surface area contributed by atoms with E-state index in [0.717, 1.165) is 36.9 Å². The van der Waals surface area contributed by atoms with Crippen molar-refractivity contribution < 1.29 is 4.57 Å². The van der Waals surface area contributed by atoms with E-state index in [-0.39, 0.29) is 16.9 Å². The van der Waals surface area contributed by atoms with Gasteiger partial charge >= 0.3 is 0 Å². The second-order valence-electron chi connectivity index (χ2n) is 10.2. The maximum Gasteiger partial charge on any atom is 0.196 e. The lowest BCUT2D eigenvalue weighted by Crippen LogP contribution is -2.33. The molecule has 0 radical (unpaired) electrons. The maximum atomic E-state index is 14.7. The number of rotatable bonds is 5. The van der Waals surface area contributed by atoms with Gasteiger partial charge in [0.25, 0.3) is 0 Å². The molecule has 2 aromatic carbocycles. The van der Waals surface area contributed by atoms with Gasteiger partial charge in [-0.1, -0.05) is 105 Å². The molecule has 0 amide bonds. The van der Waals surface area contributed by atoms with E-state index in [1.54, 1.807) is 11.6 Å². The van der Waals surface area contributed by atoms with Crippen LogP contribution in [0.5, 0.6) is 0 Å². The van der Waals surface area contributed by atoms with E-state index in [9.17, 15) is 4.57 Å². The second kappa shape index (κ2) is 8.56. The first kappa shape index (κ1) is 22.9. The van der Waals surface area contributed by atoms with Crippen LogP contribution in [0.4, 0.5) is 0 Å². The fourth-order valence-electron chi connectivity index (χ4n) is 5.65. The molecule has 2 aliphatic rings. The summed E-state index contributed by atoms with van der Waals surface area (Å²) in [5.41, 5.74) is 2.11. The van der Waals surface area contributed by atoms with Crippen LogP contribution in [0.15, 0.2) is 72.3 Å². The van der Waals surface area contributed by atoms with E-state index < -0.39 is 7.29 Å². The number of nitrogens with zero attached hydrogens (tertiary/aromatic N) is 1. The first-order valence-corrected chi connectivity index (χ1v) is 13.4. The monoisotopic (exact) mass is 473 g/mol. The van der Waals surface area contributed by atoms with Crippen molar-refractivity contribution in [3.05, 3.63) is 83.4 Å². The largest absolute Gasteiger partial charge is 0.297 e. The third-order valence-electron chi connectivity index (χ3n) is 6.48. The summed E-state index contributed by atoms with van der Waals surface area (Å²) in [6, 6.07) is 19.7.